The van der Waals surface area contributed by atoms with Gasteiger partial charge in [0.2, 0.25) is 5.82 Å². The number of anilines is 2. The second-order valence-corrected chi connectivity index (χ2v) is 8.36. The fraction of sp³-hybridized carbons (Fsp3) is 0.417. The predicted molar refractivity (Wildman–Crippen MR) is 124 cm³/mol. The van der Waals surface area contributed by atoms with Crippen LogP contribution in [-0.2, 0) is 4.74 Å². The molecule has 0 atom stereocenters. The number of ether oxygens (including phenoxy) is 1. The molecule has 2 saturated heterocycles. The van der Waals surface area contributed by atoms with Crippen LogP contribution < -0.4 is 9.80 Å². The van der Waals surface area contributed by atoms with Crippen LogP contribution in [0, 0.1) is 13.8 Å². The van der Waals surface area contributed by atoms with E-state index in [1.54, 1.807) is 0 Å². The Morgan fingerprint density at radius 3 is 2.31 bits per heavy atom. The molecule has 1 aromatic carbocycles. The molecule has 2 aliphatic rings. The number of fused-ring (bicyclic) bond motifs is 1. The molecule has 32 heavy (non-hydrogen) atoms. The van der Waals surface area contributed by atoms with Crippen LogP contribution in [0.5, 0.6) is 0 Å². The Balaban J connectivity index is 1.44. The molecule has 166 valence electrons. The first-order valence-electron chi connectivity index (χ1n) is 11.2. The monoisotopic (exact) mass is 432 g/mol. The maximum atomic E-state index is 13.4. The van der Waals surface area contributed by atoms with Gasteiger partial charge in [-0.05, 0) is 37.6 Å². The van der Waals surface area contributed by atoms with Crippen LogP contribution in [0.2, 0.25) is 0 Å². The summed E-state index contributed by atoms with van der Waals surface area (Å²) in [5, 5.41) is 0.919. The van der Waals surface area contributed by atoms with Crippen molar-refractivity contribution < 1.29 is 9.53 Å². The third-order valence-electron chi connectivity index (χ3n) is 6.16. The summed E-state index contributed by atoms with van der Waals surface area (Å²) in [7, 11) is 0. The quantitative estimate of drug-likeness (QED) is 0.629. The van der Waals surface area contributed by atoms with Gasteiger partial charge in [-0.3, -0.25) is 4.79 Å². The molecule has 0 N–H and O–H groups in total. The smallest absolute Gasteiger partial charge is 0.291 e. The van der Waals surface area contributed by atoms with E-state index in [2.05, 4.69) is 38.8 Å². The first-order valence-corrected chi connectivity index (χ1v) is 11.2. The molecule has 8 nitrogen and oxygen atoms in total. The summed E-state index contributed by atoms with van der Waals surface area (Å²) in [6.45, 7) is 9.63. The Hall–Kier alpha value is -3.26. The van der Waals surface area contributed by atoms with Gasteiger partial charge in [-0.2, -0.15) is 0 Å². The Morgan fingerprint density at radius 1 is 0.875 bits per heavy atom. The number of carbonyl (C=O) groups is 1. The average Bonchev–Trinajstić information content (AvgIpc) is 2.84. The SMILES string of the molecule is Cc1cc(C)c2c(N3CCOCC3)nc(C(=O)N3CCN(c4ccccc4)CC3)nc2n1. The molecule has 0 saturated carbocycles. The highest BCUT2D eigenvalue weighted by Crippen LogP contribution is 2.28. The summed E-state index contributed by atoms with van der Waals surface area (Å²) in [5.41, 5.74) is 3.73. The Bertz CT molecular complexity index is 1120. The first kappa shape index (κ1) is 20.6. The lowest BCUT2D eigenvalue weighted by Gasteiger charge is -2.36. The van der Waals surface area contributed by atoms with Crippen molar-refractivity contribution in [1.82, 2.24) is 19.9 Å². The number of amides is 1. The number of aromatic nitrogens is 3. The van der Waals surface area contributed by atoms with Crippen LogP contribution in [0.4, 0.5) is 11.5 Å². The molecule has 2 aliphatic heterocycles. The van der Waals surface area contributed by atoms with E-state index < -0.39 is 0 Å². The van der Waals surface area contributed by atoms with Gasteiger partial charge < -0.3 is 19.4 Å². The molecule has 0 aliphatic carbocycles. The molecule has 0 bridgehead atoms. The van der Waals surface area contributed by atoms with E-state index in [0.717, 1.165) is 48.6 Å². The third kappa shape index (κ3) is 3.98. The minimum atomic E-state index is -0.130. The van der Waals surface area contributed by atoms with Crippen molar-refractivity contribution in [2.24, 2.45) is 0 Å². The zero-order valence-electron chi connectivity index (χ0n) is 18.6. The number of piperazine rings is 1. The summed E-state index contributed by atoms with van der Waals surface area (Å²) in [6, 6.07) is 12.4. The fourth-order valence-corrected chi connectivity index (χ4v) is 4.50. The third-order valence-corrected chi connectivity index (χ3v) is 6.16. The second-order valence-electron chi connectivity index (χ2n) is 8.36. The van der Waals surface area contributed by atoms with Gasteiger partial charge >= 0.3 is 0 Å². The van der Waals surface area contributed by atoms with Crippen molar-refractivity contribution in [2.45, 2.75) is 13.8 Å². The van der Waals surface area contributed by atoms with Crippen molar-refractivity contribution in [1.29, 1.82) is 0 Å². The van der Waals surface area contributed by atoms with Crippen molar-refractivity contribution in [3.8, 4) is 0 Å². The van der Waals surface area contributed by atoms with Gasteiger partial charge in [0.15, 0.2) is 5.65 Å². The number of rotatable bonds is 3. The number of nitrogens with zero attached hydrogens (tertiary/aromatic N) is 6. The number of hydrogen-bond acceptors (Lipinski definition) is 7. The molecule has 3 aromatic rings. The predicted octanol–water partition coefficient (Wildman–Crippen LogP) is 2.44. The topological polar surface area (TPSA) is 74.7 Å². The lowest BCUT2D eigenvalue weighted by molar-refractivity contribution is 0.0734. The van der Waals surface area contributed by atoms with Crippen LogP contribution >= 0.6 is 0 Å². The number of morpholine rings is 1. The van der Waals surface area contributed by atoms with Crippen LogP contribution in [0.25, 0.3) is 11.0 Å². The Morgan fingerprint density at radius 2 is 1.59 bits per heavy atom. The van der Waals surface area contributed by atoms with E-state index in [1.807, 2.05) is 36.1 Å². The molecule has 0 unspecified atom stereocenters. The number of benzene rings is 1. The first-order chi connectivity index (χ1) is 15.6. The lowest BCUT2D eigenvalue weighted by Crippen LogP contribution is -2.49. The highest BCUT2D eigenvalue weighted by molar-refractivity contribution is 5.97. The van der Waals surface area contributed by atoms with Crippen LogP contribution in [0.1, 0.15) is 21.9 Å². The Kier molecular flexibility index (Phi) is 5.61. The molecular weight excluding hydrogens is 404 g/mol. The lowest BCUT2D eigenvalue weighted by atomic mass is 10.1. The van der Waals surface area contributed by atoms with Crippen molar-refractivity contribution in [2.75, 3.05) is 62.3 Å². The van der Waals surface area contributed by atoms with E-state index in [9.17, 15) is 4.79 Å². The fourth-order valence-electron chi connectivity index (χ4n) is 4.50. The normalized spacial score (nSPS) is 17.1. The maximum Gasteiger partial charge on any atom is 0.291 e. The Labute approximate surface area is 187 Å². The van der Waals surface area contributed by atoms with Crippen molar-refractivity contribution >= 4 is 28.4 Å². The molecule has 2 aromatic heterocycles. The zero-order valence-corrected chi connectivity index (χ0v) is 18.6. The van der Waals surface area contributed by atoms with Gasteiger partial charge in [0.25, 0.3) is 5.91 Å². The highest BCUT2D eigenvalue weighted by atomic mass is 16.5. The number of carbonyl (C=O) groups excluding carboxylic acids is 1. The van der Waals surface area contributed by atoms with Gasteiger partial charge in [-0.25, -0.2) is 15.0 Å². The summed E-state index contributed by atoms with van der Waals surface area (Å²) in [4.78, 5) is 33.8. The number of aryl methyl sites for hydroxylation is 2. The van der Waals surface area contributed by atoms with Gasteiger partial charge in [0, 0.05) is 50.6 Å². The second kappa shape index (κ2) is 8.70. The van der Waals surface area contributed by atoms with Crippen LogP contribution in [-0.4, -0.2) is 78.2 Å². The van der Waals surface area contributed by atoms with E-state index in [4.69, 9.17) is 9.72 Å². The molecule has 2 fully saturated rings. The minimum Gasteiger partial charge on any atom is -0.378 e. The molecule has 1 amide bonds. The minimum absolute atomic E-state index is 0.130. The molecule has 0 spiro atoms. The van der Waals surface area contributed by atoms with Crippen molar-refractivity contribution in [3.05, 3.63) is 53.5 Å². The summed E-state index contributed by atoms with van der Waals surface area (Å²) in [5.74, 6) is 0.884. The van der Waals surface area contributed by atoms with Gasteiger partial charge in [0.1, 0.15) is 5.82 Å². The largest absolute Gasteiger partial charge is 0.378 e. The van der Waals surface area contributed by atoms with Crippen LogP contribution in [0.3, 0.4) is 0 Å². The number of para-hydroxylation sites is 1. The maximum absolute atomic E-state index is 13.4. The van der Waals surface area contributed by atoms with Gasteiger partial charge in [0.05, 0.1) is 18.6 Å². The van der Waals surface area contributed by atoms with E-state index >= 15 is 0 Å². The summed E-state index contributed by atoms with van der Waals surface area (Å²) < 4.78 is 5.52. The standard InChI is InChI=1S/C24H28N6O2/c1-17-16-18(2)25-21-20(17)23(29-12-14-32-15-13-29)27-22(26-21)24(31)30-10-8-28(9-11-30)19-6-4-3-5-7-19/h3-7,16H,8-15H2,1-2H3. The summed E-state index contributed by atoms with van der Waals surface area (Å²) in [6.07, 6.45) is 0. The zero-order chi connectivity index (χ0) is 22.1. The van der Waals surface area contributed by atoms with E-state index in [0.29, 0.717) is 32.0 Å². The highest BCUT2D eigenvalue weighted by Gasteiger charge is 2.27. The summed E-state index contributed by atoms with van der Waals surface area (Å²) >= 11 is 0. The van der Waals surface area contributed by atoms with E-state index in [-0.39, 0.29) is 11.7 Å². The van der Waals surface area contributed by atoms with E-state index in [1.165, 1.54) is 5.69 Å². The molecule has 0 radical (unpaired) electrons. The molecular formula is C24H28N6O2. The molecule has 5 rings (SSSR count). The van der Waals surface area contributed by atoms with Crippen LogP contribution in [0.15, 0.2) is 36.4 Å². The average molecular weight is 433 g/mol. The van der Waals surface area contributed by atoms with Gasteiger partial charge in [-0.15, -0.1) is 0 Å². The molecule has 4 heterocycles. The van der Waals surface area contributed by atoms with Gasteiger partial charge in [-0.1, -0.05) is 18.2 Å². The number of pyridine rings is 1. The molecule has 8 heteroatoms. The number of hydrogen-bond donors (Lipinski definition) is 0. The van der Waals surface area contributed by atoms with Crippen molar-refractivity contribution in [3.63, 3.8) is 0 Å².